The normalized spacial score (nSPS) is 41.6. The molecule has 4 fully saturated rings. The van der Waals surface area contributed by atoms with Crippen LogP contribution in [0.3, 0.4) is 0 Å². The number of ketones is 1. The molecule has 0 bridgehead atoms. The molecule has 0 saturated heterocycles. The lowest BCUT2D eigenvalue weighted by molar-refractivity contribution is -0.224. The van der Waals surface area contributed by atoms with Gasteiger partial charge in [-0.15, -0.1) is 5.10 Å². The summed E-state index contributed by atoms with van der Waals surface area (Å²) < 4.78 is 18.9. The number of aromatic nitrogens is 3. The molecule has 0 N–H and O–H groups in total. The van der Waals surface area contributed by atoms with Crippen molar-refractivity contribution in [2.24, 2.45) is 56.7 Å². The fourth-order valence-electron chi connectivity index (χ4n) is 12.5. The molecule has 1 aromatic carbocycles. The summed E-state index contributed by atoms with van der Waals surface area (Å²) in [6.07, 6.45) is 10.7. The molecule has 276 valence electrons. The predicted molar refractivity (Wildman–Crippen MR) is 193 cm³/mol. The first-order valence-electron chi connectivity index (χ1n) is 19.2. The molecular formula is C42H57N3O6. The number of esters is 2. The van der Waals surface area contributed by atoms with Gasteiger partial charge in [0.15, 0.2) is 5.78 Å². The van der Waals surface area contributed by atoms with Gasteiger partial charge in [0.2, 0.25) is 0 Å². The van der Waals surface area contributed by atoms with Gasteiger partial charge >= 0.3 is 11.9 Å². The van der Waals surface area contributed by atoms with Crippen LogP contribution < -0.4 is 4.74 Å². The summed E-state index contributed by atoms with van der Waals surface area (Å²) in [7, 11) is 1.62. The van der Waals surface area contributed by atoms with Crippen LogP contribution in [0.15, 0.2) is 42.1 Å². The van der Waals surface area contributed by atoms with Crippen LogP contribution in [0.5, 0.6) is 5.75 Å². The van der Waals surface area contributed by atoms with E-state index >= 15 is 0 Å². The smallest absolute Gasteiger partial charge is 0.316 e. The standard InChI is InChI=1S/C42H57N3O6/c1-25-14-17-38(4)20-21-40(6)31(35(38)26(25)2)22-32(47)36-39(5)18-16-34(51-27(3)46)42(8,33(39)15-19-41(36,40)7)37(48)50-24-28-23-45(44-43-28)29-10-12-30(49-9)13-11-29/h10-13,22-23,25-26,33-36H,14-21,24H2,1-9H3/t25-,26+,33?,34-,35+,36?,38-,39+,40-,41-,42-/m1/s1. The number of nitrogens with zero attached hydrogens (tertiary/aromatic N) is 3. The van der Waals surface area contributed by atoms with E-state index in [0.717, 1.165) is 30.7 Å². The zero-order chi connectivity index (χ0) is 36.7. The van der Waals surface area contributed by atoms with Crippen molar-refractivity contribution < 1.29 is 28.6 Å². The molecule has 0 spiro atoms. The Morgan fingerprint density at radius 2 is 1.67 bits per heavy atom. The van der Waals surface area contributed by atoms with Gasteiger partial charge in [0.25, 0.3) is 0 Å². The number of allylic oxidation sites excluding steroid dienone is 2. The van der Waals surface area contributed by atoms with Gasteiger partial charge in [-0.2, -0.15) is 0 Å². The van der Waals surface area contributed by atoms with Gasteiger partial charge < -0.3 is 14.2 Å². The number of rotatable bonds is 6. The molecule has 4 saturated carbocycles. The summed E-state index contributed by atoms with van der Waals surface area (Å²) in [5.41, 5.74) is 0.957. The predicted octanol–water partition coefficient (Wildman–Crippen LogP) is 8.09. The molecule has 9 nitrogen and oxygen atoms in total. The Balaban J connectivity index is 1.20. The minimum atomic E-state index is -1.14. The van der Waals surface area contributed by atoms with E-state index in [0.29, 0.717) is 36.3 Å². The molecule has 0 radical (unpaired) electrons. The van der Waals surface area contributed by atoms with Crippen molar-refractivity contribution in [2.75, 3.05) is 7.11 Å². The van der Waals surface area contributed by atoms with E-state index in [1.165, 1.54) is 31.8 Å². The molecule has 51 heavy (non-hydrogen) atoms. The number of carbonyl (C=O) groups is 3. The number of benzene rings is 1. The number of hydrogen-bond acceptors (Lipinski definition) is 8. The lowest BCUT2D eigenvalue weighted by atomic mass is 9.33. The Hall–Kier alpha value is -3.49. The van der Waals surface area contributed by atoms with Crippen LogP contribution in [0.1, 0.15) is 112 Å². The van der Waals surface area contributed by atoms with Gasteiger partial charge in [0, 0.05) is 12.8 Å². The van der Waals surface area contributed by atoms with Crippen molar-refractivity contribution in [1.29, 1.82) is 0 Å². The highest BCUT2D eigenvalue weighted by Gasteiger charge is 2.72. The third-order valence-corrected chi connectivity index (χ3v) is 15.7. The molecule has 0 amide bonds. The van der Waals surface area contributed by atoms with Gasteiger partial charge in [0.05, 0.1) is 19.0 Å². The number of methoxy groups -OCH3 is 1. The summed E-state index contributed by atoms with van der Waals surface area (Å²) >= 11 is 0. The minimum Gasteiger partial charge on any atom is -0.497 e. The summed E-state index contributed by atoms with van der Waals surface area (Å²) in [5.74, 6) is 1.25. The average molecular weight is 700 g/mol. The van der Waals surface area contributed by atoms with Crippen molar-refractivity contribution in [3.63, 3.8) is 0 Å². The molecular weight excluding hydrogens is 642 g/mol. The van der Waals surface area contributed by atoms with E-state index in [2.05, 4.69) is 57.9 Å². The third-order valence-electron chi connectivity index (χ3n) is 15.7. The molecule has 9 heteroatoms. The fourth-order valence-corrected chi connectivity index (χ4v) is 12.5. The molecule has 2 unspecified atom stereocenters. The molecule has 5 aliphatic rings. The Morgan fingerprint density at radius 1 is 0.941 bits per heavy atom. The van der Waals surface area contributed by atoms with E-state index in [1.807, 2.05) is 31.2 Å². The van der Waals surface area contributed by atoms with E-state index in [1.54, 1.807) is 18.0 Å². The zero-order valence-electron chi connectivity index (χ0n) is 32.1. The van der Waals surface area contributed by atoms with Gasteiger partial charge in [-0.05, 0) is 134 Å². The molecule has 1 heterocycles. The molecule has 5 aliphatic carbocycles. The van der Waals surface area contributed by atoms with Crippen LogP contribution in [-0.4, -0.2) is 45.9 Å². The highest BCUT2D eigenvalue weighted by molar-refractivity contribution is 5.96. The molecule has 2 aromatic rings. The topological polar surface area (TPSA) is 110 Å². The number of ether oxygens (including phenoxy) is 3. The lowest BCUT2D eigenvalue weighted by Gasteiger charge is -2.70. The number of hydrogen-bond donors (Lipinski definition) is 0. The van der Waals surface area contributed by atoms with Crippen molar-refractivity contribution >= 4 is 17.7 Å². The van der Waals surface area contributed by atoms with Crippen LogP contribution in [0.25, 0.3) is 5.69 Å². The maximum absolute atomic E-state index is 14.9. The van der Waals surface area contributed by atoms with E-state index < -0.39 is 28.9 Å². The van der Waals surface area contributed by atoms with Gasteiger partial charge in [-0.1, -0.05) is 52.3 Å². The second kappa shape index (κ2) is 12.3. The van der Waals surface area contributed by atoms with Crippen LogP contribution >= 0.6 is 0 Å². The Bertz CT molecular complexity index is 1750. The van der Waals surface area contributed by atoms with E-state index in [4.69, 9.17) is 14.2 Å². The van der Waals surface area contributed by atoms with Crippen LogP contribution in [0, 0.1) is 56.7 Å². The van der Waals surface area contributed by atoms with Gasteiger partial charge in [-0.25, -0.2) is 4.68 Å². The first kappa shape index (κ1) is 35.9. The maximum Gasteiger partial charge on any atom is 0.316 e. The molecule has 7 rings (SSSR count). The largest absolute Gasteiger partial charge is 0.497 e. The zero-order valence-corrected chi connectivity index (χ0v) is 32.1. The van der Waals surface area contributed by atoms with E-state index in [-0.39, 0.29) is 40.5 Å². The second-order valence-corrected chi connectivity index (χ2v) is 18.1. The Labute approximate surface area is 303 Å². The maximum atomic E-state index is 14.9. The van der Waals surface area contributed by atoms with Crippen molar-refractivity contribution in [3.8, 4) is 11.4 Å². The Morgan fingerprint density at radius 3 is 2.35 bits per heavy atom. The fraction of sp³-hybridized carbons (Fsp3) is 0.690. The van der Waals surface area contributed by atoms with Crippen molar-refractivity contribution in [3.05, 3.63) is 47.8 Å². The van der Waals surface area contributed by atoms with Crippen molar-refractivity contribution in [1.82, 2.24) is 15.0 Å². The minimum absolute atomic E-state index is 0.0676. The van der Waals surface area contributed by atoms with Gasteiger partial charge in [-0.3, -0.25) is 14.4 Å². The first-order valence-corrected chi connectivity index (χ1v) is 19.2. The summed E-state index contributed by atoms with van der Waals surface area (Å²) in [6, 6.07) is 7.44. The highest BCUT2D eigenvalue weighted by atomic mass is 16.6. The average Bonchev–Trinajstić information content (AvgIpc) is 3.57. The highest BCUT2D eigenvalue weighted by Crippen LogP contribution is 2.75. The third kappa shape index (κ3) is 5.25. The molecule has 1 aromatic heterocycles. The van der Waals surface area contributed by atoms with Crippen LogP contribution in [0.4, 0.5) is 0 Å². The lowest BCUT2D eigenvalue weighted by Crippen LogP contribution is -2.68. The van der Waals surface area contributed by atoms with Crippen LogP contribution in [-0.2, 0) is 30.5 Å². The second-order valence-electron chi connectivity index (χ2n) is 18.1. The monoisotopic (exact) mass is 699 g/mol. The van der Waals surface area contributed by atoms with E-state index in [9.17, 15) is 14.4 Å². The Kier molecular flexibility index (Phi) is 8.65. The number of fused-ring (bicyclic) bond motifs is 7. The summed E-state index contributed by atoms with van der Waals surface area (Å²) in [5, 5.41) is 8.51. The van der Waals surface area contributed by atoms with Crippen molar-refractivity contribution in [2.45, 2.75) is 119 Å². The first-order chi connectivity index (χ1) is 24.0. The quantitative estimate of drug-likeness (QED) is 0.279. The number of carbonyl (C=O) groups excluding carboxylic acids is 3. The summed E-state index contributed by atoms with van der Waals surface area (Å²) in [6.45, 7) is 17.6. The summed E-state index contributed by atoms with van der Waals surface area (Å²) in [4.78, 5) is 41.9. The molecule has 11 atom stereocenters. The SMILES string of the molecule is COc1ccc(-n2cc(COC(=O)[C@]3(C)C4CC[C@]5(C)C(C(=O)C=C6[C@@H]7[C@@H](C)[C@H](C)CC[C@]7(C)CC[C@]65C)[C@@]4(C)CC[C@H]3OC(C)=O)nn2)cc1. The van der Waals surface area contributed by atoms with Gasteiger partial charge in [0.1, 0.15) is 29.6 Å². The van der Waals surface area contributed by atoms with Crippen LogP contribution in [0.2, 0.25) is 0 Å². The molecule has 0 aliphatic heterocycles.